The number of carbonyl (C=O) groups is 1. The number of anilines is 1. The maximum absolute atomic E-state index is 13.6. The van der Waals surface area contributed by atoms with E-state index in [1.807, 2.05) is 38.4 Å². The lowest BCUT2D eigenvalue weighted by molar-refractivity contribution is 0.0989. The third-order valence-corrected chi connectivity index (χ3v) is 7.76. The van der Waals surface area contributed by atoms with E-state index in [0.717, 1.165) is 32.4 Å². The summed E-state index contributed by atoms with van der Waals surface area (Å²) in [6.45, 7) is 5.45. The lowest BCUT2D eigenvalue weighted by Crippen LogP contribution is -2.36. The first-order valence-electron chi connectivity index (χ1n) is 9.37. The van der Waals surface area contributed by atoms with Gasteiger partial charge < -0.3 is 4.90 Å². The number of amides is 1. The molecule has 0 atom stereocenters. The van der Waals surface area contributed by atoms with E-state index in [0.29, 0.717) is 21.6 Å². The van der Waals surface area contributed by atoms with E-state index in [4.69, 9.17) is 16.6 Å². The van der Waals surface area contributed by atoms with Crippen molar-refractivity contribution in [3.05, 3.63) is 57.4 Å². The lowest BCUT2D eigenvalue weighted by Gasteiger charge is -2.21. The molecule has 0 fully saturated rings. The van der Waals surface area contributed by atoms with Gasteiger partial charge in [-0.15, -0.1) is 23.7 Å². The smallest absolute Gasteiger partial charge is 0.271 e. The summed E-state index contributed by atoms with van der Waals surface area (Å²) in [4.78, 5) is 22.8. The molecule has 30 heavy (non-hydrogen) atoms. The average molecular weight is 480 g/mol. The molecule has 0 aliphatic heterocycles. The quantitative estimate of drug-likeness (QED) is 0.331. The molecule has 0 N–H and O–H groups in total. The number of hydrogen-bond donors (Lipinski definition) is 0. The van der Waals surface area contributed by atoms with Crippen LogP contribution in [0.25, 0.3) is 20.3 Å². The van der Waals surface area contributed by atoms with Crippen LogP contribution in [0.15, 0.2) is 36.4 Å². The minimum Gasteiger partial charge on any atom is -0.308 e. The van der Waals surface area contributed by atoms with E-state index in [1.54, 1.807) is 16.2 Å². The summed E-state index contributed by atoms with van der Waals surface area (Å²) < 4.78 is 2.11. The summed E-state index contributed by atoms with van der Waals surface area (Å²) in [7, 11) is 4.00. The molecule has 4 aromatic rings. The minimum atomic E-state index is -0.0912. The number of likely N-dealkylation sites (N-methyl/N-ethyl adjacent to an activating group) is 1. The van der Waals surface area contributed by atoms with Crippen molar-refractivity contribution in [2.75, 3.05) is 32.1 Å². The number of hydrogen-bond acceptors (Lipinski definition) is 5. The maximum Gasteiger partial charge on any atom is 0.271 e. The molecule has 0 spiro atoms. The summed E-state index contributed by atoms with van der Waals surface area (Å²) in [6.07, 6.45) is 0. The van der Waals surface area contributed by atoms with Gasteiger partial charge in [0.2, 0.25) is 0 Å². The van der Waals surface area contributed by atoms with Crippen molar-refractivity contribution >= 4 is 78.0 Å². The van der Waals surface area contributed by atoms with Crippen molar-refractivity contribution in [3.63, 3.8) is 0 Å². The molecule has 0 radical (unpaired) electrons. The van der Waals surface area contributed by atoms with Gasteiger partial charge in [-0.25, -0.2) is 4.98 Å². The Morgan fingerprint density at radius 2 is 1.77 bits per heavy atom. The molecular weight excluding hydrogens is 457 g/mol. The fourth-order valence-electron chi connectivity index (χ4n) is 3.19. The maximum atomic E-state index is 13.6. The third-order valence-electron chi connectivity index (χ3n) is 5.05. The van der Waals surface area contributed by atoms with Crippen LogP contribution < -0.4 is 4.90 Å². The van der Waals surface area contributed by atoms with Crippen LogP contribution in [-0.4, -0.2) is 43.0 Å². The van der Waals surface area contributed by atoms with Crippen LogP contribution >= 0.6 is 46.7 Å². The Bertz CT molecular complexity index is 1220. The fraction of sp³-hybridized carbons (Fsp3) is 0.273. The number of thiazole rings is 1. The highest BCUT2D eigenvalue weighted by Gasteiger charge is 2.26. The number of fused-ring (bicyclic) bond motifs is 2. The van der Waals surface area contributed by atoms with E-state index < -0.39 is 0 Å². The number of halogens is 2. The highest BCUT2D eigenvalue weighted by atomic mass is 35.5. The summed E-state index contributed by atoms with van der Waals surface area (Å²) in [6, 6.07) is 12.0. The van der Waals surface area contributed by atoms with Gasteiger partial charge in [0, 0.05) is 23.2 Å². The Labute approximate surface area is 195 Å². The van der Waals surface area contributed by atoms with E-state index in [2.05, 4.69) is 30.9 Å². The van der Waals surface area contributed by atoms with Gasteiger partial charge in [0.05, 0.1) is 15.2 Å². The first kappa shape index (κ1) is 23.0. The average Bonchev–Trinajstić information content (AvgIpc) is 3.27. The Hall–Kier alpha value is -1.70. The number of rotatable bonds is 5. The van der Waals surface area contributed by atoms with Crippen molar-refractivity contribution in [1.29, 1.82) is 0 Å². The Morgan fingerprint density at radius 3 is 2.47 bits per heavy atom. The second kappa shape index (κ2) is 9.20. The Kier molecular flexibility index (Phi) is 7.05. The summed E-state index contributed by atoms with van der Waals surface area (Å²) in [5, 5.41) is 2.17. The largest absolute Gasteiger partial charge is 0.308 e. The minimum absolute atomic E-state index is 0. The van der Waals surface area contributed by atoms with Crippen LogP contribution in [0.5, 0.6) is 0 Å². The van der Waals surface area contributed by atoms with Crippen molar-refractivity contribution < 1.29 is 4.79 Å². The Balaban J connectivity index is 0.00000256. The lowest BCUT2D eigenvalue weighted by atomic mass is 10.1. The van der Waals surface area contributed by atoms with Crippen molar-refractivity contribution in [2.45, 2.75) is 13.8 Å². The molecule has 0 unspecified atom stereocenters. The van der Waals surface area contributed by atoms with Crippen molar-refractivity contribution in [3.8, 4) is 0 Å². The zero-order valence-corrected chi connectivity index (χ0v) is 20.4. The molecule has 2 aromatic heterocycles. The molecule has 158 valence electrons. The zero-order chi connectivity index (χ0) is 20.7. The molecular formula is C22H23Cl2N3OS2. The molecule has 4 nitrogen and oxygen atoms in total. The molecule has 4 rings (SSSR count). The predicted octanol–water partition coefficient (Wildman–Crippen LogP) is 6.41. The molecule has 2 aromatic carbocycles. The van der Waals surface area contributed by atoms with E-state index in [9.17, 15) is 4.79 Å². The third kappa shape index (κ3) is 4.20. The number of carbonyl (C=O) groups excluding carboxylic acids is 1. The first-order chi connectivity index (χ1) is 13.9. The van der Waals surface area contributed by atoms with Gasteiger partial charge in [-0.05, 0) is 51.2 Å². The molecule has 2 heterocycles. The van der Waals surface area contributed by atoms with Crippen LogP contribution in [0.4, 0.5) is 5.13 Å². The summed E-state index contributed by atoms with van der Waals surface area (Å²) in [5.41, 5.74) is 3.33. The van der Waals surface area contributed by atoms with Gasteiger partial charge in [0.1, 0.15) is 4.88 Å². The van der Waals surface area contributed by atoms with Crippen LogP contribution in [0.3, 0.4) is 0 Å². The summed E-state index contributed by atoms with van der Waals surface area (Å²) >= 11 is 9.60. The highest BCUT2D eigenvalue weighted by molar-refractivity contribution is 7.23. The van der Waals surface area contributed by atoms with Gasteiger partial charge in [-0.3, -0.25) is 9.69 Å². The molecule has 0 saturated heterocycles. The number of aromatic nitrogens is 1. The van der Waals surface area contributed by atoms with E-state index in [1.165, 1.54) is 16.9 Å². The molecule has 0 aliphatic carbocycles. The van der Waals surface area contributed by atoms with Crippen LogP contribution in [0.1, 0.15) is 20.8 Å². The first-order valence-corrected chi connectivity index (χ1v) is 11.4. The van der Waals surface area contributed by atoms with E-state index in [-0.39, 0.29) is 18.3 Å². The molecule has 0 bridgehead atoms. The van der Waals surface area contributed by atoms with Gasteiger partial charge in [-0.1, -0.05) is 47.2 Å². The van der Waals surface area contributed by atoms with E-state index >= 15 is 0 Å². The number of benzene rings is 2. The Morgan fingerprint density at radius 1 is 1.03 bits per heavy atom. The monoisotopic (exact) mass is 479 g/mol. The normalized spacial score (nSPS) is 11.3. The fourth-order valence-corrected chi connectivity index (χ4v) is 5.70. The van der Waals surface area contributed by atoms with Crippen LogP contribution in [-0.2, 0) is 0 Å². The molecule has 0 saturated carbocycles. The molecule has 0 aliphatic rings. The zero-order valence-electron chi connectivity index (χ0n) is 17.2. The topological polar surface area (TPSA) is 36.4 Å². The van der Waals surface area contributed by atoms with Crippen LogP contribution in [0, 0.1) is 13.8 Å². The van der Waals surface area contributed by atoms with Gasteiger partial charge >= 0.3 is 0 Å². The standard InChI is InChI=1S/C22H22ClN3OS2.ClH/c1-13-9-10-17-19(14(13)2)24-22(29-17)26(12-11-25(3)4)21(27)20-18(23)15-7-5-6-8-16(15)28-20;/h5-10H,11-12H2,1-4H3;1H. The molecule has 8 heteroatoms. The SMILES string of the molecule is Cc1ccc2sc(N(CCN(C)C)C(=O)c3sc4ccccc4c3Cl)nc2c1C.Cl. The highest BCUT2D eigenvalue weighted by Crippen LogP contribution is 2.38. The predicted molar refractivity (Wildman–Crippen MR) is 133 cm³/mol. The summed E-state index contributed by atoms with van der Waals surface area (Å²) in [5.74, 6) is -0.0912. The number of thiophene rings is 1. The number of aryl methyl sites for hydroxylation is 2. The number of nitrogens with zero attached hydrogens (tertiary/aromatic N) is 3. The van der Waals surface area contributed by atoms with Crippen molar-refractivity contribution in [1.82, 2.24) is 9.88 Å². The molecule has 1 amide bonds. The van der Waals surface area contributed by atoms with Gasteiger partial charge in [-0.2, -0.15) is 0 Å². The van der Waals surface area contributed by atoms with Gasteiger partial charge in [0.15, 0.2) is 5.13 Å². The second-order valence-corrected chi connectivity index (χ2v) is 9.79. The van der Waals surface area contributed by atoms with Gasteiger partial charge in [0.25, 0.3) is 5.91 Å². The van der Waals surface area contributed by atoms with Crippen LogP contribution in [0.2, 0.25) is 5.02 Å². The van der Waals surface area contributed by atoms with Crippen molar-refractivity contribution in [2.24, 2.45) is 0 Å². The second-order valence-electron chi connectivity index (χ2n) is 7.35.